The third kappa shape index (κ3) is 5.84. The van der Waals surface area contributed by atoms with Gasteiger partial charge in [0.05, 0.1) is 6.21 Å². The highest BCUT2D eigenvalue weighted by Gasteiger charge is 2.11. The summed E-state index contributed by atoms with van der Waals surface area (Å²) in [6.45, 7) is 2.21. The molecule has 5 nitrogen and oxygen atoms in total. The van der Waals surface area contributed by atoms with E-state index in [0.29, 0.717) is 22.4 Å². The Morgan fingerprint density at radius 1 is 1.19 bits per heavy atom. The predicted molar refractivity (Wildman–Crippen MR) is 95.0 cm³/mol. The maximum atomic E-state index is 12.4. The minimum Gasteiger partial charge on any atom is -0.484 e. The van der Waals surface area contributed by atoms with E-state index in [1.807, 2.05) is 25.1 Å². The maximum Gasteiger partial charge on any atom is 0.387 e. The van der Waals surface area contributed by atoms with Crippen LogP contribution in [-0.2, 0) is 4.79 Å². The van der Waals surface area contributed by atoms with Gasteiger partial charge >= 0.3 is 6.61 Å². The number of alkyl halides is 2. The first kappa shape index (κ1) is 19.4. The summed E-state index contributed by atoms with van der Waals surface area (Å²) in [7, 11) is 0. The number of nitrogens with zero attached hydrogens (tertiary/aromatic N) is 1. The zero-order chi connectivity index (χ0) is 19.1. The van der Waals surface area contributed by atoms with Gasteiger partial charge in [0.2, 0.25) is 0 Å². The van der Waals surface area contributed by atoms with E-state index in [2.05, 4.69) is 15.3 Å². The molecule has 0 spiro atoms. The second-order valence-corrected chi connectivity index (χ2v) is 5.76. The first-order valence-electron chi connectivity index (χ1n) is 7.92. The molecule has 7 heteroatoms. The van der Waals surface area contributed by atoms with E-state index in [-0.39, 0.29) is 12.4 Å². The Morgan fingerprint density at radius 2 is 1.88 bits per heavy atom. The van der Waals surface area contributed by atoms with Crippen molar-refractivity contribution in [2.45, 2.75) is 27.4 Å². The number of hydrogen-bond acceptors (Lipinski definition) is 4. The SMILES string of the molecule is Cc1cccc(OCC(=O)N/N=C\c2cc(C)c(OC(F)F)c(C)c2)c1. The molecule has 0 saturated carbocycles. The number of hydrogen-bond donors (Lipinski definition) is 1. The average molecular weight is 362 g/mol. The van der Waals surface area contributed by atoms with Gasteiger partial charge in [-0.1, -0.05) is 12.1 Å². The van der Waals surface area contributed by atoms with E-state index in [0.717, 1.165) is 5.56 Å². The van der Waals surface area contributed by atoms with Gasteiger partial charge in [-0.2, -0.15) is 13.9 Å². The maximum absolute atomic E-state index is 12.4. The van der Waals surface area contributed by atoms with Crippen LogP contribution in [-0.4, -0.2) is 25.3 Å². The number of amides is 1. The Morgan fingerprint density at radius 3 is 2.50 bits per heavy atom. The van der Waals surface area contributed by atoms with Gasteiger partial charge in [-0.25, -0.2) is 5.43 Å². The summed E-state index contributed by atoms with van der Waals surface area (Å²) in [5.74, 6) is 0.339. The van der Waals surface area contributed by atoms with E-state index < -0.39 is 12.5 Å². The van der Waals surface area contributed by atoms with Crippen molar-refractivity contribution >= 4 is 12.1 Å². The standard InChI is InChI=1S/C19H20F2N2O3/c1-12-5-4-6-16(7-12)25-11-17(24)23-22-10-15-8-13(2)18(14(3)9-15)26-19(20)21/h4-10,19H,11H2,1-3H3,(H,23,24)/b22-10-. The first-order chi connectivity index (χ1) is 12.3. The van der Waals surface area contributed by atoms with Crippen LogP contribution >= 0.6 is 0 Å². The number of nitrogens with one attached hydrogen (secondary N) is 1. The topological polar surface area (TPSA) is 59.9 Å². The highest BCUT2D eigenvalue weighted by atomic mass is 19.3. The lowest BCUT2D eigenvalue weighted by atomic mass is 10.1. The van der Waals surface area contributed by atoms with Crippen molar-refractivity contribution in [3.05, 3.63) is 58.7 Å². The Bertz CT molecular complexity index is 784. The number of carbonyl (C=O) groups excluding carboxylic acids is 1. The summed E-state index contributed by atoms with van der Waals surface area (Å²) in [6, 6.07) is 10.6. The molecule has 0 radical (unpaired) electrons. The van der Waals surface area contributed by atoms with Gasteiger partial charge in [0.1, 0.15) is 11.5 Å². The number of aryl methyl sites for hydroxylation is 3. The van der Waals surface area contributed by atoms with Crippen molar-refractivity contribution in [2.75, 3.05) is 6.61 Å². The third-order valence-corrected chi connectivity index (χ3v) is 3.45. The Kier molecular flexibility index (Phi) is 6.66. The van der Waals surface area contributed by atoms with Crippen molar-refractivity contribution < 1.29 is 23.0 Å². The zero-order valence-corrected chi connectivity index (χ0v) is 14.8. The average Bonchev–Trinajstić information content (AvgIpc) is 2.56. The van der Waals surface area contributed by atoms with Crippen LogP contribution < -0.4 is 14.9 Å². The largest absolute Gasteiger partial charge is 0.484 e. The summed E-state index contributed by atoms with van der Waals surface area (Å²) in [5.41, 5.74) is 5.16. The van der Waals surface area contributed by atoms with Crippen molar-refractivity contribution in [2.24, 2.45) is 5.10 Å². The van der Waals surface area contributed by atoms with Crippen LogP contribution in [0.1, 0.15) is 22.3 Å². The predicted octanol–water partition coefficient (Wildman–Crippen LogP) is 3.74. The smallest absolute Gasteiger partial charge is 0.387 e. The van der Waals surface area contributed by atoms with Crippen molar-refractivity contribution in [1.82, 2.24) is 5.43 Å². The van der Waals surface area contributed by atoms with E-state index in [9.17, 15) is 13.6 Å². The molecule has 138 valence electrons. The molecule has 0 aliphatic carbocycles. The lowest BCUT2D eigenvalue weighted by Crippen LogP contribution is -2.24. The summed E-state index contributed by atoms with van der Waals surface area (Å²) in [4.78, 5) is 11.7. The van der Waals surface area contributed by atoms with Crippen LogP contribution in [0.2, 0.25) is 0 Å². The fraction of sp³-hybridized carbons (Fsp3) is 0.263. The molecule has 2 aromatic carbocycles. The molecule has 0 fully saturated rings. The van der Waals surface area contributed by atoms with Crippen LogP contribution in [0.15, 0.2) is 41.5 Å². The van der Waals surface area contributed by atoms with Gasteiger partial charge < -0.3 is 9.47 Å². The Balaban J connectivity index is 1.90. The van der Waals surface area contributed by atoms with Crippen molar-refractivity contribution in [1.29, 1.82) is 0 Å². The molecule has 2 rings (SSSR count). The zero-order valence-electron chi connectivity index (χ0n) is 14.8. The van der Waals surface area contributed by atoms with E-state index in [1.54, 1.807) is 32.0 Å². The van der Waals surface area contributed by atoms with Crippen LogP contribution in [0.5, 0.6) is 11.5 Å². The van der Waals surface area contributed by atoms with E-state index in [4.69, 9.17) is 4.74 Å². The second-order valence-electron chi connectivity index (χ2n) is 5.76. The van der Waals surface area contributed by atoms with Gasteiger partial charge in [0, 0.05) is 0 Å². The van der Waals surface area contributed by atoms with Crippen molar-refractivity contribution in [3.8, 4) is 11.5 Å². The Labute approximate surface area is 150 Å². The molecule has 1 amide bonds. The van der Waals surface area contributed by atoms with Gasteiger partial charge in [-0.15, -0.1) is 0 Å². The third-order valence-electron chi connectivity index (χ3n) is 3.45. The Hall–Kier alpha value is -2.96. The van der Waals surface area contributed by atoms with Gasteiger partial charge in [0.15, 0.2) is 6.61 Å². The van der Waals surface area contributed by atoms with Crippen LogP contribution in [0.4, 0.5) is 8.78 Å². The number of rotatable bonds is 7. The normalized spacial score (nSPS) is 11.0. The molecule has 0 atom stereocenters. The molecule has 0 aromatic heterocycles. The van der Waals surface area contributed by atoms with Gasteiger partial charge in [0.25, 0.3) is 5.91 Å². The highest BCUT2D eigenvalue weighted by Crippen LogP contribution is 2.25. The lowest BCUT2D eigenvalue weighted by Gasteiger charge is -2.11. The fourth-order valence-corrected chi connectivity index (χ4v) is 2.40. The lowest BCUT2D eigenvalue weighted by molar-refractivity contribution is -0.123. The number of halogens is 2. The first-order valence-corrected chi connectivity index (χ1v) is 7.92. The fourth-order valence-electron chi connectivity index (χ4n) is 2.40. The minimum atomic E-state index is -2.88. The minimum absolute atomic E-state index is 0.146. The summed E-state index contributed by atoms with van der Waals surface area (Å²) in [5, 5.41) is 3.85. The number of ether oxygens (including phenoxy) is 2. The molecule has 0 heterocycles. The molecule has 0 aliphatic heterocycles. The van der Waals surface area contributed by atoms with Crippen LogP contribution in [0.3, 0.4) is 0 Å². The van der Waals surface area contributed by atoms with Crippen LogP contribution in [0, 0.1) is 20.8 Å². The number of hydrazone groups is 1. The second kappa shape index (κ2) is 8.94. The molecule has 2 aromatic rings. The molecule has 0 unspecified atom stereocenters. The van der Waals surface area contributed by atoms with Gasteiger partial charge in [-0.05, 0) is 67.3 Å². The highest BCUT2D eigenvalue weighted by molar-refractivity contribution is 5.83. The molecule has 0 aliphatic rings. The molecule has 0 saturated heterocycles. The monoisotopic (exact) mass is 362 g/mol. The molecule has 1 N–H and O–H groups in total. The van der Waals surface area contributed by atoms with Crippen LogP contribution in [0.25, 0.3) is 0 Å². The number of carbonyl (C=O) groups is 1. The van der Waals surface area contributed by atoms with Crippen molar-refractivity contribution in [3.63, 3.8) is 0 Å². The van der Waals surface area contributed by atoms with Gasteiger partial charge in [-0.3, -0.25) is 4.79 Å². The van der Waals surface area contributed by atoms with E-state index in [1.165, 1.54) is 6.21 Å². The van der Waals surface area contributed by atoms with E-state index >= 15 is 0 Å². The molecule has 0 bridgehead atoms. The quantitative estimate of drug-likeness (QED) is 0.603. The molecule has 26 heavy (non-hydrogen) atoms. The number of benzene rings is 2. The molecular formula is C19H20F2N2O3. The molecular weight excluding hydrogens is 342 g/mol. The summed E-state index contributed by atoms with van der Waals surface area (Å²) in [6.07, 6.45) is 1.43. The summed E-state index contributed by atoms with van der Waals surface area (Å²) < 4.78 is 34.6. The summed E-state index contributed by atoms with van der Waals surface area (Å²) >= 11 is 0.